The molecule has 11 aromatic rings. The number of halogens is 4. The van der Waals surface area contributed by atoms with Gasteiger partial charge in [0, 0.05) is 50.7 Å². The number of thiophene rings is 5. The summed E-state index contributed by atoms with van der Waals surface area (Å²) < 4.78 is 37.2. The van der Waals surface area contributed by atoms with E-state index in [0.717, 1.165) is 60.7 Å². The third-order valence-electron chi connectivity index (χ3n) is 11.5. The Kier molecular flexibility index (Phi) is 20.6. The fourth-order valence-electron chi connectivity index (χ4n) is 7.99. The number of hydrogen-bond donors (Lipinski definition) is 0. The number of fused-ring (bicyclic) bond motifs is 3. The summed E-state index contributed by atoms with van der Waals surface area (Å²) in [4.78, 5) is 4.91. The zero-order chi connectivity index (χ0) is 48.2. The van der Waals surface area contributed by atoms with Crippen molar-refractivity contribution in [3.8, 4) is 41.8 Å². The van der Waals surface area contributed by atoms with Crippen LogP contribution in [0.25, 0.3) is 74.9 Å². The second kappa shape index (κ2) is 26.5. The molecule has 0 N–H and O–H groups in total. The topological polar surface area (TPSA) is 77.3 Å². The molecule has 0 aliphatic rings. The molecule has 0 aliphatic carbocycles. The molecule has 0 spiro atoms. The van der Waals surface area contributed by atoms with Crippen LogP contribution in [0.5, 0.6) is 0 Å². The first-order chi connectivity index (χ1) is 33.7. The molecule has 19 heteroatoms. The summed E-state index contributed by atoms with van der Waals surface area (Å²) in [5, 5.41) is 6.49. The van der Waals surface area contributed by atoms with Crippen molar-refractivity contribution in [2.75, 3.05) is 0 Å². The Bertz CT molecular complexity index is 3090. The van der Waals surface area contributed by atoms with E-state index in [9.17, 15) is 0 Å². The van der Waals surface area contributed by atoms with Crippen LogP contribution < -0.4 is 2.89 Å². The molecule has 0 saturated heterocycles. The first-order valence-electron chi connectivity index (χ1n) is 22.4. The average molecular weight is 1430 g/mol. The molecule has 0 saturated carbocycles. The summed E-state index contributed by atoms with van der Waals surface area (Å²) in [5.41, 5.74) is 10.5. The molecular formula is C50H46Br4N6S8Sn. The van der Waals surface area contributed by atoms with Gasteiger partial charge in [-0.1, -0.05) is 36.4 Å². The number of rotatable bonds is 14. The minimum atomic E-state index is -2.01. The van der Waals surface area contributed by atoms with Crippen molar-refractivity contribution in [1.82, 2.24) is 26.2 Å². The molecule has 0 radical (unpaired) electrons. The van der Waals surface area contributed by atoms with Crippen LogP contribution in [0.1, 0.15) is 59.3 Å². The molecule has 11 rings (SSSR count). The first kappa shape index (κ1) is 53.6. The zero-order valence-corrected chi connectivity index (χ0v) is 53.5. The normalized spacial score (nSPS) is 11.3. The first-order valence-corrected chi connectivity index (χ1v) is 39.5. The van der Waals surface area contributed by atoms with Crippen LogP contribution in [0.4, 0.5) is 0 Å². The molecule has 0 atom stereocenters. The van der Waals surface area contributed by atoms with Gasteiger partial charge in [-0.05, 0) is 123 Å². The molecule has 0 bridgehead atoms. The maximum absolute atomic E-state index is 4.51. The van der Waals surface area contributed by atoms with Crippen molar-refractivity contribution >= 4 is 210 Å². The molecule has 6 nitrogen and oxygen atoms in total. The van der Waals surface area contributed by atoms with Gasteiger partial charge in [0.15, 0.2) is 0 Å². The molecule has 0 fully saturated rings. The van der Waals surface area contributed by atoms with Gasteiger partial charge in [-0.2, -0.15) is 26.2 Å². The largest absolute Gasteiger partial charge is 0.172 e. The van der Waals surface area contributed by atoms with E-state index in [4.69, 9.17) is 0 Å². The summed E-state index contributed by atoms with van der Waals surface area (Å²) in [6, 6.07) is 34.0. The number of unbranched alkanes of at least 4 members (excludes halogenated alkanes) is 3. The van der Waals surface area contributed by atoms with Crippen LogP contribution in [-0.2, 0) is 0 Å². The third kappa shape index (κ3) is 13.4. The van der Waals surface area contributed by atoms with Gasteiger partial charge >= 0.3 is 123 Å². The van der Waals surface area contributed by atoms with Crippen LogP contribution in [0, 0.1) is 0 Å². The maximum Gasteiger partial charge on any atom is 0.114 e. The zero-order valence-electron chi connectivity index (χ0n) is 37.8. The van der Waals surface area contributed by atoms with E-state index < -0.39 is 18.4 Å². The number of aromatic nitrogens is 6. The van der Waals surface area contributed by atoms with E-state index in [1.807, 2.05) is 15.0 Å². The Hall–Kier alpha value is -1.66. The molecule has 356 valence electrons. The molecule has 8 heterocycles. The minimum absolute atomic E-state index is 0.921. The summed E-state index contributed by atoms with van der Waals surface area (Å²) in [6.45, 7) is 7.06. The van der Waals surface area contributed by atoms with Crippen LogP contribution >= 0.6 is 156 Å². The summed E-state index contributed by atoms with van der Waals surface area (Å²) in [6.07, 6.45) is 8.55. The van der Waals surface area contributed by atoms with E-state index >= 15 is 0 Å². The third-order valence-corrected chi connectivity index (χ3v) is 38.7. The van der Waals surface area contributed by atoms with Crippen molar-refractivity contribution in [3.05, 3.63) is 130 Å². The van der Waals surface area contributed by atoms with Gasteiger partial charge in [0.1, 0.15) is 33.1 Å². The Morgan fingerprint density at radius 2 is 0.754 bits per heavy atom. The second-order valence-corrected chi connectivity index (χ2v) is 41.2. The monoisotopic (exact) mass is 1420 g/mol. The van der Waals surface area contributed by atoms with Crippen molar-refractivity contribution < 1.29 is 0 Å². The van der Waals surface area contributed by atoms with Gasteiger partial charge in [-0.25, -0.2) is 0 Å². The van der Waals surface area contributed by atoms with Crippen molar-refractivity contribution in [2.45, 2.75) is 72.6 Å². The Labute approximate surface area is 474 Å². The van der Waals surface area contributed by atoms with Crippen LogP contribution in [0.3, 0.4) is 0 Å². The predicted octanol–water partition coefficient (Wildman–Crippen LogP) is 20.8. The fourth-order valence-corrected chi connectivity index (χ4v) is 34.9. The van der Waals surface area contributed by atoms with E-state index in [1.165, 1.54) is 104 Å². The van der Waals surface area contributed by atoms with E-state index in [-0.39, 0.29) is 0 Å². The summed E-state index contributed by atoms with van der Waals surface area (Å²) in [5.74, 6) is 0. The van der Waals surface area contributed by atoms with Gasteiger partial charge in [0.2, 0.25) is 0 Å². The van der Waals surface area contributed by atoms with E-state index in [2.05, 4.69) is 223 Å². The predicted molar refractivity (Wildman–Crippen MR) is 325 cm³/mol. The van der Waals surface area contributed by atoms with Gasteiger partial charge in [0.05, 0.1) is 42.8 Å². The van der Waals surface area contributed by atoms with Gasteiger partial charge in [-0.15, -0.1) is 45.3 Å². The number of hydrogen-bond acceptors (Lipinski definition) is 14. The fraction of sp³-hybridized carbons (Fsp3) is 0.240. The van der Waals surface area contributed by atoms with Crippen molar-refractivity contribution in [1.29, 1.82) is 0 Å². The summed E-state index contributed by atoms with van der Waals surface area (Å²) >= 11 is 24.6. The number of nitrogens with zero attached hydrogens (tertiary/aromatic N) is 6. The van der Waals surface area contributed by atoms with Crippen LogP contribution in [0.2, 0.25) is 13.3 Å². The maximum atomic E-state index is 4.51. The molecule has 69 heavy (non-hydrogen) atoms. The van der Waals surface area contributed by atoms with E-state index in [1.54, 1.807) is 58.7 Å². The van der Waals surface area contributed by atoms with Gasteiger partial charge in [0.25, 0.3) is 0 Å². The van der Waals surface area contributed by atoms with E-state index in [0.29, 0.717) is 0 Å². The van der Waals surface area contributed by atoms with Gasteiger partial charge < -0.3 is 0 Å². The SMILES string of the molecule is Brc1ccc(-c2ccc(-c3ccc(Br)s3)c3nsnc23)s1.Brc1ccc(Br)c2nsnc12.CCC[CH2][Sn]([CH2]CCC)([CH2]CCC)[c]1cccs1.c1csc(-c2ccc(-c3cccs3)c3nsnc23)c1. The number of benzene rings is 3. The Morgan fingerprint density at radius 1 is 0.391 bits per heavy atom. The Morgan fingerprint density at radius 3 is 1.07 bits per heavy atom. The minimum Gasteiger partial charge on any atom is -0.172 e. The van der Waals surface area contributed by atoms with Crippen molar-refractivity contribution in [3.63, 3.8) is 0 Å². The molecular weight excluding hydrogens is 1380 g/mol. The molecule has 8 aromatic heterocycles. The quantitative estimate of drug-likeness (QED) is 0.101. The molecule has 0 amide bonds. The van der Waals surface area contributed by atoms with Crippen molar-refractivity contribution in [2.24, 2.45) is 0 Å². The average Bonchev–Trinajstić information content (AvgIpc) is 4.20. The van der Waals surface area contributed by atoms with Gasteiger partial charge in [-0.3, -0.25) is 0 Å². The Balaban J connectivity index is 0.000000127. The smallest absolute Gasteiger partial charge is 0.114 e. The molecule has 0 aliphatic heterocycles. The van der Waals surface area contributed by atoms with Crippen LogP contribution in [-0.4, -0.2) is 44.6 Å². The summed E-state index contributed by atoms with van der Waals surface area (Å²) in [7, 11) is 0. The van der Waals surface area contributed by atoms with Crippen LogP contribution in [0.15, 0.2) is 130 Å². The molecule has 3 aromatic carbocycles. The molecule has 0 unspecified atom stereocenters. The second-order valence-electron chi connectivity index (χ2n) is 16.0. The standard InChI is InChI=1S/C14H6Br2N2S3.C14H8N2S3.C6H2Br2N2S.C4H3S.3C4H9.Sn/c15-11-5-3-9(19-11)7-1-2-8(10-4-6-12(16)20-10)14-13(7)17-21-18-14;1-3-11(17-7-1)9-5-6-10(12-4-2-8-18-12)14-13(9)15-19-16-14;7-3-1-2-4(8)6-5(3)9-11-10-6;1-2-4-5-3-1;3*1-3-4-2;/h1-6H;1-8H;1-2H;1-3H;3*1,3-4H2,2H3;.